The van der Waals surface area contributed by atoms with E-state index in [1.807, 2.05) is 12.1 Å². The second-order valence-corrected chi connectivity index (χ2v) is 7.99. The molecule has 156 valence electrons. The van der Waals surface area contributed by atoms with Gasteiger partial charge in [0.1, 0.15) is 5.82 Å². The lowest BCUT2D eigenvalue weighted by Crippen LogP contribution is -2.46. The molecular formula is C21H32FIN4O. The summed E-state index contributed by atoms with van der Waals surface area (Å²) in [7, 11) is 0. The maximum absolute atomic E-state index is 13.2. The van der Waals surface area contributed by atoms with E-state index in [1.54, 1.807) is 12.1 Å². The number of rotatable bonds is 5. The minimum Gasteiger partial charge on any atom is -0.379 e. The highest BCUT2D eigenvalue weighted by Crippen LogP contribution is 2.48. The van der Waals surface area contributed by atoms with Crippen LogP contribution in [0.2, 0.25) is 0 Å². The van der Waals surface area contributed by atoms with Gasteiger partial charge >= 0.3 is 0 Å². The van der Waals surface area contributed by atoms with Crippen molar-refractivity contribution in [2.45, 2.75) is 37.6 Å². The number of likely N-dealkylation sites (tertiary alicyclic amines) is 1. The monoisotopic (exact) mass is 502 g/mol. The molecule has 7 heteroatoms. The number of hydrogen-bond acceptors (Lipinski definition) is 3. The SMILES string of the molecule is CCNC(=NCC1(c2ccc(F)cc2)CC1)N1CCC(N2CCOCC2)C1.I. The minimum absolute atomic E-state index is 0. The van der Waals surface area contributed by atoms with Gasteiger partial charge in [0.25, 0.3) is 0 Å². The summed E-state index contributed by atoms with van der Waals surface area (Å²) in [6.45, 7) is 9.65. The van der Waals surface area contributed by atoms with Gasteiger partial charge in [-0.2, -0.15) is 0 Å². The van der Waals surface area contributed by atoms with Gasteiger partial charge in [0, 0.05) is 44.2 Å². The highest BCUT2D eigenvalue weighted by Gasteiger charge is 2.44. The molecule has 5 nitrogen and oxygen atoms in total. The van der Waals surface area contributed by atoms with E-state index < -0.39 is 0 Å². The molecule has 2 aliphatic heterocycles. The average Bonchev–Trinajstić information content (AvgIpc) is 3.33. The summed E-state index contributed by atoms with van der Waals surface area (Å²) in [5.41, 5.74) is 1.33. The van der Waals surface area contributed by atoms with Gasteiger partial charge in [-0.3, -0.25) is 9.89 Å². The molecule has 28 heavy (non-hydrogen) atoms. The number of halogens is 2. The van der Waals surface area contributed by atoms with Gasteiger partial charge < -0.3 is 15.0 Å². The van der Waals surface area contributed by atoms with Gasteiger partial charge in [0.05, 0.1) is 19.8 Å². The highest BCUT2D eigenvalue weighted by atomic mass is 127. The molecule has 1 aromatic rings. The van der Waals surface area contributed by atoms with Crippen molar-refractivity contribution in [1.82, 2.24) is 15.1 Å². The quantitative estimate of drug-likeness (QED) is 0.382. The third kappa shape index (κ3) is 4.97. The fourth-order valence-corrected chi connectivity index (χ4v) is 4.32. The summed E-state index contributed by atoms with van der Waals surface area (Å²) in [6.07, 6.45) is 3.46. The van der Waals surface area contributed by atoms with Gasteiger partial charge in [-0.1, -0.05) is 12.1 Å². The van der Waals surface area contributed by atoms with Crippen molar-refractivity contribution in [3.63, 3.8) is 0 Å². The zero-order valence-corrected chi connectivity index (χ0v) is 19.0. The van der Waals surface area contributed by atoms with Crippen LogP contribution in [0.25, 0.3) is 0 Å². The Morgan fingerprint density at radius 2 is 1.93 bits per heavy atom. The standard InChI is InChI=1S/C21H31FN4O.HI/c1-2-23-20(26-10-7-19(15-26)25-11-13-27-14-12-25)24-16-21(8-9-21)17-3-5-18(22)6-4-17;/h3-6,19H,2,7-16H2,1H3,(H,23,24);1H. The van der Waals surface area contributed by atoms with E-state index >= 15 is 0 Å². The molecule has 1 atom stereocenters. The van der Waals surface area contributed by atoms with Crippen molar-refractivity contribution in [2.75, 3.05) is 52.5 Å². The smallest absolute Gasteiger partial charge is 0.193 e. The van der Waals surface area contributed by atoms with E-state index in [0.717, 1.165) is 71.3 Å². The molecule has 0 aromatic heterocycles. The fraction of sp³-hybridized carbons (Fsp3) is 0.667. The molecule has 2 heterocycles. The van der Waals surface area contributed by atoms with Gasteiger partial charge in [0.15, 0.2) is 5.96 Å². The van der Waals surface area contributed by atoms with Crippen LogP contribution in [-0.2, 0) is 10.2 Å². The van der Waals surface area contributed by atoms with Crippen LogP contribution in [-0.4, -0.2) is 74.3 Å². The number of nitrogens with zero attached hydrogens (tertiary/aromatic N) is 3. The Bertz CT molecular complexity index is 659. The summed E-state index contributed by atoms with van der Waals surface area (Å²) in [5, 5.41) is 3.48. The summed E-state index contributed by atoms with van der Waals surface area (Å²) in [5.74, 6) is 0.860. The lowest BCUT2D eigenvalue weighted by Gasteiger charge is -2.32. The Morgan fingerprint density at radius 1 is 1.21 bits per heavy atom. The van der Waals surface area contributed by atoms with Crippen molar-refractivity contribution < 1.29 is 9.13 Å². The molecule has 3 aliphatic rings. The number of aliphatic imine (C=N–C) groups is 1. The van der Waals surface area contributed by atoms with Gasteiger partial charge in [-0.25, -0.2) is 4.39 Å². The third-order valence-electron chi connectivity index (χ3n) is 6.20. The van der Waals surface area contributed by atoms with Crippen molar-refractivity contribution in [3.8, 4) is 0 Å². The molecular weight excluding hydrogens is 470 g/mol. The molecule has 1 N–H and O–H groups in total. The molecule has 4 rings (SSSR count). The summed E-state index contributed by atoms with van der Waals surface area (Å²) in [6, 6.07) is 7.59. The molecule has 0 bridgehead atoms. The normalized spacial score (nSPS) is 24.7. The lowest BCUT2D eigenvalue weighted by atomic mass is 9.96. The van der Waals surface area contributed by atoms with E-state index in [2.05, 4.69) is 22.0 Å². The number of benzene rings is 1. The van der Waals surface area contributed by atoms with Crippen LogP contribution in [0.15, 0.2) is 29.3 Å². The van der Waals surface area contributed by atoms with E-state index in [1.165, 1.54) is 12.0 Å². The molecule has 2 saturated heterocycles. The Morgan fingerprint density at radius 3 is 2.57 bits per heavy atom. The van der Waals surface area contributed by atoms with Crippen LogP contribution in [0.5, 0.6) is 0 Å². The zero-order chi connectivity index (χ0) is 18.7. The van der Waals surface area contributed by atoms with Crippen molar-refractivity contribution in [1.29, 1.82) is 0 Å². The van der Waals surface area contributed by atoms with Gasteiger partial charge in [0.2, 0.25) is 0 Å². The van der Waals surface area contributed by atoms with Crippen LogP contribution in [0.3, 0.4) is 0 Å². The van der Waals surface area contributed by atoms with Crippen molar-refractivity contribution in [2.24, 2.45) is 4.99 Å². The maximum atomic E-state index is 13.2. The molecule has 0 spiro atoms. The second-order valence-electron chi connectivity index (χ2n) is 7.99. The number of guanidine groups is 1. The summed E-state index contributed by atoms with van der Waals surface area (Å²) in [4.78, 5) is 9.97. The number of morpholine rings is 1. The predicted octanol–water partition coefficient (Wildman–Crippen LogP) is 2.85. The van der Waals surface area contributed by atoms with E-state index in [9.17, 15) is 4.39 Å². The first-order chi connectivity index (χ1) is 13.2. The topological polar surface area (TPSA) is 40.1 Å². The Balaban J connectivity index is 0.00000225. The van der Waals surface area contributed by atoms with Gasteiger partial charge in [-0.05, 0) is 43.9 Å². The predicted molar refractivity (Wildman–Crippen MR) is 121 cm³/mol. The fourth-order valence-electron chi connectivity index (χ4n) is 4.32. The third-order valence-corrected chi connectivity index (χ3v) is 6.20. The van der Waals surface area contributed by atoms with Crippen LogP contribution in [0.1, 0.15) is 31.7 Å². The van der Waals surface area contributed by atoms with E-state index in [0.29, 0.717) is 6.04 Å². The Kier molecular flexibility index (Phi) is 7.55. The van der Waals surface area contributed by atoms with Crippen LogP contribution in [0.4, 0.5) is 4.39 Å². The number of nitrogens with one attached hydrogen (secondary N) is 1. The molecule has 3 fully saturated rings. The average molecular weight is 502 g/mol. The second kappa shape index (κ2) is 9.71. The van der Waals surface area contributed by atoms with E-state index in [4.69, 9.17) is 9.73 Å². The molecule has 1 unspecified atom stereocenters. The summed E-state index contributed by atoms with van der Waals surface area (Å²) >= 11 is 0. The molecule has 1 aromatic carbocycles. The number of ether oxygens (including phenoxy) is 1. The molecule has 1 aliphatic carbocycles. The van der Waals surface area contributed by atoms with Gasteiger partial charge in [-0.15, -0.1) is 24.0 Å². The summed E-state index contributed by atoms with van der Waals surface area (Å²) < 4.78 is 18.7. The first-order valence-electron chi connectivity index (χ1n) is 10.3. The lowest BCUT2D eigenvalue weighted by molar-refractivity contribution is 0.0195. The zero-order valence-electron chi connectivity index (χ0n) is 16.7. The highest BCUT2D eigenvalue weighted by molar-refractivity contribution is 14.0. The number of hydrogen-bond donors (Lipinski definition) is 1. The Labute approximate surface area is 184 Å². The first-order valence-corrected chi connectivity index (χ1v) is 10.3. The van der Waals surface area contributed by atoms with Crippen LogP contribution in [0, 0.1) is 5.82 Å². The Hall–Kier alpha value is -0.930. The maximum Gasteiger partial charge on any atom is 0.193 e. The first kappa shape index (κ1) is 21.8. The largest absolute Gasteiger partial charge is 0.379 e. The molecule has 0 radical (unpaired) electrons. The molecule has 1 saturated carbocycles. The van der Waals surface area contributed by atoms with Crippen molar-refractivity contribution in [3.05, 3.63) is 35.6 Å². The van der Waals surface area contributed by atoms with Crippen LogP contribution >= 0.6 is 24.0 Å². The van der Waals surface area contributed by atoms with Crippen molar-refractivity contribution >= 4 is 29.9 Å². The van der Waals surface area contributed by atoms with E-state index in [-0.39, 0.29) is 35.2 Å². The minimum atomic E-state index is -0.169. The van der Waals surface area contributed by atoms with Crippen LogP contribution < -0.4 is 5.32 Å². The molecule has 0 amide bonds.